The Balaban J connectivity index is 2.99. The maximum Gasteiger partial charge on any atom is 0.0537 e. The van der Waals surface area contributed by atoms with E-state index in [4.69, 9.17) is 5.11 Å². The number of aliphatic hydroxyl groups excluding tert-OH is 2. The van der Waals surface area contributed by atoms with Crippen molar-refractivity contribution in [1.82, 2.24) is 0 Å². The summed E-state index contributed by atoms with van der Waals surface area (Å²) in [5.74, 6) is 0. The highest BCUT2D eigenvalue weighted by molar-refractivity contribution is 4.54. The van der Waals surface area contributed by atoms with Crippen molar-refractivity contribution >= 4 is 0 Å². The van der Waals surface area contributed by atoms with E-state index in [9.17, 15) is 5.11 Å². The van der Waals surface area contributed by atoms with E-state index >= 15 is 0 Å². The van der Waals surface area contributed by atoms with Gasteiger partial charge in [-0.1, -0.05) is 84.0 Å². The molecule has 2 atom stereocenters. The quantitative estimate of drug-likeness (QED) is 0.364. The maximum atomic E-state index is 9.45. The lowest BCUT2D eigenvalue weighted by molar-refractivity contribution is 0.156. The third kappa shape index (κ3) is 17.9. The first-order valence-electron chi connectivity index (χ1n) is 9.53. The smallest absolute Gasteiger partial charge is 0.0537 e. The molecule has 0 spiro atoms. The van der Waals surface area contributed by atoms with Crippen LogP contribution in [-0.2, 0) is 0 Å². The van der Waals surface area contributed by atoms with Gasteiger partial charge in [0.2, 0.25) is 0 Å². The SMILES string of the molecule is CCC(O)CCCCCCCCCCCCCCC(C)O. The van der Waals surface area contributed by atoms with E-state index in [1.54, 1.807) is 0 Å². The second kappa shape index (κ2) is 16.3. The molecule has 0 aliphatic heterocycles. The summed E-state index contributed by atoms with van der Waals surface area (Å²) < 4.78 is 0. The van der Waals surface area contributed by atoms with Crippen LogP contribution >= 0.6 is 0 Å². The molecule has 0 radical (unpaired) electrons. The summed E-state index contributed by atoms with van der Waals surface area (Å²) in [6.45, 7) is 3.93. The highest BCUT2D eigenvalue weighted by Gasteiger charge is 1.99. The van der Waals surface area contributed by atoms with Crippen LogP contribution in [-0.4, -0.2) is 22.4 Å². The Hall–Kier alpha value is -0.0800. The van der Waals surface area contributed by atoms with Gasteiger partial charge in [0.1, 0.15) is 0 Å². The Morgan fingerprint density at radius 3 is 1.24 bits per heavy atom. The molecule has 0 heterocycles. The summed E-state index contributed by atoms with van der Waals surface area (Å²) in [5, 5.41) is 18.6. The molecule has 0 saturated heterocycles. The lowest BCUT2D eigenvalue weighted by atomic mass is 10.0. The average Bonchev–Trinajstić information content (AvgIpc) is 2.46. The molecule has 0 aromatic rings. The first kappa shape index (κ1) is 20.9. The van der Waals surface area contributed by atoms with Gasteiger partial charge in [0.15, 0.2) is 0 Å². The minimum absolute atomic E-state index is 0.0643. The Kier molecular flexibility index (Phi) is 16.2. The van der Waals surface area contributed by atoms with Gasteiger partial charge in [-0.05, 0) is 26.2 Å². The van der Waals surface area contributed by atoms with Crippen LogP contribution < -0.4 is 0 Å². The largest absolute Gasteiger partial charge is 0.393 e. The Morgan fingerprint density at radius 1 is 0.571 bits per heavy atom. The van der Waals surface area contributed by atoms with Crippen molar-refractivity contribution in [2.45, 2.75) is 122 Å². The highest BCUT2D eigenvalue weighted by Crippen LogP contribution is 2.14. The molecule has 2 N–H and O–H groups in total. The van der Waals surface area contributed by atoms with Gasteiger partial charge in [0.25, 0.3) is 0 Å². The van der Waals surface area contributed by atoms with E-state index < -0.39 is 0 Å². The van der Waals surface area contributed by atoms with Crippen LogP contribution in [0.3, 0.4) is 0 Å². The van der Waals surface area contributed by atoms with Crippen LogP contribution in [0, 0.1) is 0 Å². The summed E-state index contributed by atoms with van der Waals surface area (Å²) in [6.07, 6.45) is 18.6. The fraction of sp³-hybridized carbons (Fsp3) is 1.00. The zero-order chi connectivity index (χ0) is 15.8. The Morgan fingerprint density at radius 2 is 0.905 bits per heavy atom. The van der Waals surface area contributed by atoms with Gasteiger partial charge in [-0.15, -0.1) is 0 Å². The minimum atomic E-state index is -0.116. The third-order valence-corrected chi connectivity index (χ3v) is 4.38. The molecule has 0 fully saturated rings. The number of hydrogen-bond donors (Lipinski definition) is 2. The Labute approximate surface area is 133 Å². The monoisotopic (exact) mass is 300 g/mol. The van der Waals surface area contributed by atoms with Gasteiger partial charge >= 0.3 is 0 Å². The van der Waals surface area contributed by atoms with Crippen molar-refractivity contribution in [3.05, 3.63) is 0 Å². The second-order valence-corrected chi connectivity index (χ2v) is 6.73. The van der Waals surface area contributed by atoms with Crippen LogP contribution in [0.25, 0.3) is 0 Å². The molecule has 0 aliphatic rings. The van der Waals surface area contributed by atoms with Crippen molar-refractivity contribution in [2.75, 3.05) is 0 Å². The van der Waals surface area contributed by atoms with Crippen LogP contribution in [0.5, 0.6) is 0 Å². The van der Waals surface area contributed by atoms with Gasteiger partial charge in [-0.2, -0.15) is 0 Å². The molecule has 21 heavy (non-hydrogen) atoms. The lowest BCUT2D eigenvalue weighted by Gasteiger charge is -2.07. The van der Waals surface area contributed by atoms with Gasteiger partial charge in [0.05, 0.1) is 12.2 Å². The number of rotatable bonds is 16. The van der Waals surface area contributed by atoms with Crippen LogP contribution in [0.4, 0.5) is 0 Å². The van der Waals surface area contributed by atoms with Crippen molar-refractivity contribution < 1.29 is 10.2 Å². The molecule has 0 amide bonds. The lowest BCUT2D eigenvalue weighted by Crippen LogP contribution is -2.03. The van der Waals surface area contributed by atoms with Crippen molar-refractivity contribution in [3.8, 4) is 0 Å². The molecule has 0 aliphatic carbocycles. The molecule has 2 heteroatoms. The van der Waals surface area contributed by atoms with Crippen molar-refractivity contribution in [2.24, 2.45) is 0 Å². The fourth-order valence-corrected chi connectivity index (χ4v) is 2.79. The summed E-state index contributed by atoms with van der Waals surface area (Å²) in [4.78, 5) is 0. The molecule has 0 aromatic heterocycles. The minimum Gasteiger partial charge on any atom is -0.393 e. The molecule has 0 aromatic carbocycles. The fourth-order valence-electron chi connectivity index (χ4n) is 2.79. The first-order valence-corrected chi connectivity index (χ1v) is 9.53. The topological polar surface area (TPSA) is 40.5 Å². The van der Waals surface area contributed by atoms with Crippen LogP contribution in [0.15, 0.2) is 0 Å². The van der Waals surface area contributed by atoms with E-state index in [1.165, 1.54) is 77.0 Å². The molecule has 0 bridgehead atoms. The van der Waals surface area contributed by atoms with Gasteiger partial charge < -0.3 is 10.2 Å². The molecule has 0 saturated carbocycles. The summed E-state index contributed by atoms with van der Waals surface area (Å²) >= 11 is 0. The predicted octanol–water partition coefficient (Wildman–Crippen LogP) is 5.60. The van der Waals surface area contributed by atoms with Gasteiger partial charge in [-0.3, -0.25) is 0 Å². The first-order chi connectivity index (χ1) is 10.2. The highest BCUT2D eigenvalue weighted by atomic mass is 16.3. The molecular formula is C19H40O2. The van der Waals surface area contributed by atoms with E-state index in [-0.39, 0.29) is 12.2 Å². The van der Waals surface area contributed by atoms with Crippen molar-refractivity contribution in [1.29, 1.82) is 0 Å². The molecule has 0 rings (SSSR count). The molecule has 2 nitrogen and oxygen atoms in total. The van der Waals surface area contributed by atoms with Crippen LogP contribution in [0.2, 0.25) is 0 Å². The summed E-state index contributed by atoms with van der Waals surface area (Å²) in [6, 6.07) is 0. The maximum absolute atomic E-state index is 9.45. The second-order valence-electron chi connectivity index (χ2n) is 6.73. The summed E-state index contributed by atoms with van der Waals surface area (Å²) in [7, 11) is 0. The third-order valence-electron chi connectivity index (χ3n) is 4.38. The zero-order valence-electron chi connectivity index (χ0n) is 14.7. The Bertz CT molecular complexity index is 192. The summed E-state index contributed by atoms with van der Waals surface area (Å²) in [5.41, 5.74) is 0. The standard InChI is InChI=1S/C19H40O2/c1-3-19(21)17-15-13-11-9-7-5-4-6-8-10-12-14-16-18(2)20/h18-21H,3-17H2,1-2H3. The van der Waals surface area contributed by atoms with E-state index in [1.807, 2.05) is 6.92 Å². The molecule has 128 valence electrons. The van der Waals surface area contributed by atoms with E-state index in [0.717, 1.165) is 19.3 Å². The van der Waals surface area contributed by atoms with E-state index in [2.05, 4.69) is 6.92 Å². The van der Waals surface area contributed by atoms with Crippen molar-refractivity contribution in [3.63, 3.8) is 0 Å². The zero-order valence-corrected chi connectivity index (χ0v) is 14.7. The predicted molar refractivity (Wildman–Crippen MR) is 92.6 cm³/mol. The van der Waals surface area contributed by atoms with Gasteiger partial charge in [0, 0.05) is 0 Å². The van der Waals surface area contributed by atoms with Crippen LogP contribution in [0.1, 0.15) is 110 Å². The molecular weight excluding hydrogens is 260 g/mol. The number of aliphatic hydroxyl groups is 2. The van der Waals surface area contributed by atoms with E-state index in [0.29, 0.717) is 0 Å². The normalized spacial score (nSPS) is 14.3. The number of hydrogen-bond acceptors (Lipinski definition) is 2. The number of unbranched alkanes of at least 4 members (excludes halogenated alkanes) is 11. The average molecular weight is 301 g/mol. The molecule has 2 unspecified atom stereocenters. The van der Waals surface area contributed by atoms with Gasteiger partial charge in [-0.25, -0.2) is 0 Å².